The smallest absolute Gasteiger partial charge is 0.298 e. The fraction of sp³-hybridized carbons (Fsp3) is 0.0556. The SMILES string of the molecule is O=C(Nc1nc(C(F)(F)F)c(C(=O)c2ccc(Cl)cc2Cl)s1)c1cccc(Cl)c1. The van der Waals surface area contributed by atoms with Crippen molar-refractivity contribution in [2.45, 2.75) is 6.18 Å². The lowest BCUT2D eigenvalue weighted by Crippen LogP contribution is -2.14. The number of amides is 1. The number of ketones is 1. The van der Waals surface area contributed by atoms with Gasteiger partial charge in [-0.2, -0.15) is 13.2 Å². The highest BCUT2D eigenvalue weighted by Crippen LogP contribution is 2.38. The molecule has 0 unspecified atom stereocenters. The topological polar surface area (TPSA) is 59.1 Å². The van der Waals surface area contributed by atoms with Crippen LogP contribution in [0.4, 0.5) is 18.3 Å². The molecule has 1 N–H and O–H groups in total. The summed E-state index contributed by atoms with van der Waals surface area (Å²) in [5, 5.41) is 2.26. The van der Waals surface area contributed by atoms with E-state index in [0.29, 0.717) is 11.3 Å². The van der Waals surface area contributed by atoms with Crippen molar-refractivity contribution in [1.29, 1.82) is 0 Å². The van der Waals surface area contributed by atoms with Gasteiger partial charge in [-0.05, 0) is 36.4 Å². The average Bonchev–Trinajstić information content (AvgIpc) is 3.05. The van der Waals surface area contributed by atoms with Crippen LogP contribution in [0.2, 0.25) is 15.1 Å². The molecule has 1 aromatic heterocycles. The van der Waals surface area contributed by atoms with Crippen molar-refractivity contribution in [2.24, 2.45) is 0 Å². The predicted molar refractivity (Wildman–Crippen MR) is 106 cm³/mol. The maximum atomic E-state index is 13.4. The van der Waals surface area contributed by atoms with Gasteiger partial charge < -0.3 is 0 Å². The Morgan fingerprint density at radius 3 is 2.31 bits per heavy atom. The highest BCUT2D eigenvalue weighted by atomic mass is 35.5. The lowest BCUT2D eigenvalue weighted by atomic mass is 10.1. The first-order valence-electron chi connectivity index (χ1n) is 7.71. The fourth-order valence-electron chi connectivity index (χ4n) is 2.31. The van der Waals surface area contributed by atoms with Gasteiger partial charge in [0.1, 0.15) is 4.88 Å². The number of nitrogens with one attached hydrogen (secondary N) is 1. The molecule has 0 aliphatic heterocycles. The number of aromatic nitrogens is 1. The Balaban J connectivity index is 1.98. The predicted octanol–water partition coefficient (Wildman–Crippen LogP) is 6.61. The fourth-order valence-corrected chi connectivity index (χ4v) is 3.93. The summed E-state index contributed by atoms with van der Waals surface area (Å²) >= 11 is 17.9. The number of rotatable bonds is 4. The van der Waals surface area contributed by atoms with Crippen molar-refractivity contribution in [1.82, 2.24) is 4.98 Å². The van der Waals surface area contributed by atoms with Crippen molar-refractivity contribution in [2.75, 3.05) is 5.32 Å². The van der Waals surface area contributed by atoms with Crippen LogP contribution in [0.5, 0.6) is 0 Å². The van der Waals surface area contributed by atoms with E-state index in [9.17, 15) is 22.8 Å². The maximum Gasteiger partial charge on any atom is 0.435 e. The second kappa shape index (κ2) is 8.31. The van der Waals surface area contributed by atoms with Crippen LogP contribution in [0.15, 0.2) is 42.5 Å². The van der Waals surface area contributed by atoms with E-state index in [2.05, 4.69) is 10.3 Å². The van der Waals surface area contributed by atoms with Crippen LogP contribution in [0, 0.1) is 0 Å². The summed E-state index contributed by atoms with van der Waals surface area (Å²) in [5.41, 5.74) is -1.47. The van der Waals surface area contributed by atoms with Gasteiger partial charge in [0.25, 0.3) is 5.91 Å². The molecule has 2 aromatic carbocycles. The number of nitrogens with zero attached hydrogens (tertiary/aromatic N) is 1. The van der Waals surface area contributed by atoms with Gasteiger partial charge in [-0.15, -0.1) is 0 Å². The third-order valence-electron chi connectivity index (χ3n) is 3.58. The van der Waals surface area contributed by atoms with Crippen LogP contribution in [-0.2, 0) is 6.18 Å². The number of hydrogen-bond acceptors (Lipinski definition) is 4. The minimum Gasteiger partial charge on any atom is -0.298 e. The van der Waals surface area contributed by atoms with Gasteiger partial charge in [-0.1, -0.05) is 52.2 Å². The zero-order chi connectivity index (χ0) is 21.3. The zero-order valence-corrected chi connectivity index (χ0v) is 17.1. The molecule has 3 rings (SSSR count). The molecule has 1 heterocycles. The van der Waals surface area contributed by atoms with E-state index in [-0.39, 0.29) is 26.2 Å². The molecule has 0 bridgehead atoms. The molecule has 11 heteroatoms. The molecule has 0 radical (unpaired) electrons. The number of alkyl halides is 3. The molecule has 29 heavy (non-hydrogen) atoms. The van der Waals surface area contributed by atoms with E-state index < -0.39 is 33.6 Å². The van der Waals surface area contributed by atoms with E-state index in [0.717, 1.165) is 0 Å². The second-order valence-electron chi connectivity index (χ2n) is 5.61. The van der Waals surface area contributed by atoms with Gasteiger partial charge in [0.05, 0.1) is 5.02 Å². The Morgan fingerprint density at radius 1 is 1.00 bits per heavy atom. The third kappa shape index (κ3) is 4.90. The summed E-state index contributed by atoms with van der Waals surface area (Å²) in [6.07, 6.45) is -4.92. The summed E-state index contributed by atoms with van der Waals surface area (Å²) in [6, 6.07) is 9.61. The van der Waals surface area contributed by atoms with Crippen LogP contribution in [0.1, 0.15) is 31.3 Å². The van der Waals surface area contributed by atoms with Gasteiger partial charge in [0.15, 0.2) is 10.8 Å². The standard InChI is InChI=1S/C18H8Cl3F3N2O2S/c19-9-3-1-2-8(6-9)16(28)26-17-25-15(18(22,23)24)14(29-17)13(27)11-5-4-10(20)7-12(11)21/h1-7H,(H,25,26,28). The Bertz CT molecular complexity index is 1120. The molecule has 0 spiro atoms. The lowest BCUT2D eigenvalue weighted by molar-refractivity contribution is -0.140. The van der Waals surface area contributed by atoms with E-state index in [4.69, 9.17) is 34.8 Å². The van der Waals surface area contributed by atoms with Crippen molar-refractivity contribution in [3.63, 3.8) is 0 Å². The van der Waals surface area contributed by atoms with Crippen molar-refractivity contribution in [3.8, 4) is 0 Å². The van der Waals surface area contributed by atoms with E-state index in [1.165, 1.54) is 42.5 Å². The second-order valence-corrected chi connectivity index (χ2v) is 7.89. The molecule has 1 amide bonds. The first kappa shape index (κ1) is 21.6. The number of thiazole rings is 1. The summed E-state index contributed by atoms with van der Waals surface area (Å²) in [4.78, 5) is 27.6. The average molecular weight is 480 g/mol. The molecular weight excluding hydrogens is 472 g/mol. The van der Waals surface area contributed by atoms with Gasteiger partial charge >= 0.3 is 6.18 Å². The Hall–Kier alpha value is -2.13. The summed E-state index contributed by atoms with van der Waals surface area (Å²) in [6.45, 7) is 0. The Morgan fingerprint density at radius 2 is 1.69 bits per heavy atom. The highest BCUT2D eigenvalue weighted by Gasteiger charge is 2.40. The molecule has 0 aliphatic carbocycles. The molecule has 150 valence electrons. The molecule has 0 saturated heterocycles. The Kier molecular flexibility index (Phi) is 6.19. The molecule has 0 saturated carbocycles. The van der Waals surface area contributed by atoms with Crippen molar-refractivity contribution < 1.29 is 22.8 Å². The number of hydrogen-bond donors (Lipinski definition) is 1. The normalized spacial score (nSPS) is 11.4. The molecule has 3 aromatic rings. The number of halogens is 6. The number of carbonyl (C=O) groups is 2. The monoisotopic (exact) mass is 478 g/mol. The van der Waals surface area contributed by atoms with Crippen LogP contribution >= 0.6 is 46.1 Å². The summed E-state index contributed by atoms with van der Waals surface area (Å²) in [7, 11) is 0. The number of benzene rings is 2. The molecule has 0 aliphatic rings. The van der Waals surface area contributed by atoms with Gasteiger partial charge in [-0.25, -0.2) is 4.98 Å². The van der Waals surface area contributed by atoms with Crippen LogP contribution < -0.4 is 5.32 Å². The summed E-state index contributed by atoms with van der Waals surface area (Å²) < 4.78 is 40.3. The molecular formula is C18H8Cl3F3N2O2S. The molecule has 0 atom stereocenters. The van der Waals surface area contributed by atoms with Crippen molar-refractivity contribution in [3.05, 3.63) is 79.2 Å². The number of anilines is 1. The van der Waals surface area contributed by atoms with Gasteiger partial charge in [0, 0.05) is 21.2 Å². The van der Waals surface area contributed by atoms with E-state index >= 15 is 0 Å². The van der Waals surface area contributed by atoms with Gasteiger partial charge in [0.2, 0.25) is 5.78 Å². The van der Waals surface area contributed by atoms with Crippen molar-refractivity contribution >= 4 is 63.0 Å². The van der Waals surface area contributed by atoms with E-state index in [1.54, 1.807) is 0 Å². The first-order valence-corrected chi connectivity index (χ1v) is 9.66. The molecule has 0 fully saturated rings. The summed E-state index contributed by atoms with van der Waals surface area (Å²) in [5.74, 6) is -1.71. The Labute approximate surface area is 181 Å². The molecule has 4 nitrogen and oxygen atoms in total. The minimum atomic E-state index is -4.92. The van der Waals surface area contributed by atoms with E-state index in [1.807, 2.05) is 0 Å². The largest absolute Gasteiger partial charge is 0.435 e. The lowest BCUT2D eigenvalue weighted by Gasteiger charge is -2.06. The quantitative estimate of drug-likeness (QED) is 0.429. The van der Waals surface area contributed by atoms with Crippen LogP contribution in [-0.4, -0.2) is 16.7 Å². The minimum absolute atomic E-state index is 0.103. The number of carbonyl (C=O) groups excluding carboxylic acids is 2. The maximum absolute atomic E-state index is 13.4. The third-order valence-corrected chi connectivity index (χ3v) is 5.34. The first-order chi connectivity index (χ1) is 13.6. The highest BCUT2D eigenvalue weighted by molar-refractivity contribution is 7.18. The zero-order valence-electron chi connectivity index (χ0n) is 14.0. The van der Waals surface area contributed by atoms with Crippen LogP contribution in [0.3, 0.4) is 0 Å². The van der Waals surface area contributed by atoms with Crippen LogP contribution in [0.25, 0.3) is 0 Å². The van der Waals surface area contributed by atoms with Gasteiger partial charge in [-0.3, -0.25) is 14.9 Å².